The van der Waals surface area contributed by atoms with E-state index in [1.54, 1.807) is 12.1 Å². The number of halogens is 2. The van der Waals surface area contributed by atoms with Gasteiger partial charge in [-0.15, -0.1) is 0 Å². The van der Waals surface area contributed by atoms with Crippen molar-refractivity contribution in [1.82, 2.24) is 20.0 Å². The summed E-state index contributed by atoms with van der Waals surface area (Å²) in [7, 11) is 2.13. The molecule has 1 aromatic rings. The maximum atomic E-state index is 14.9. The van der Waals surface area contributed by atoms with E-state index in [1.807, 2.05) is 6.92 Å². The van der Waals surface area contributed by atoms with Gasteiger partial charge in [0.05, 0.1) is 31.7 Å². The van der Waals surface area contributed by atoms with Crippen molar-refractivity contribution in [1.29, 1.82) is 5.26 Å². The molecule has 0 bridgehead atoms. The Labute approximate surface area is 265 Å². The van der Waals surface area contributed by atoms with Crippen LogP contribution in [0, 0.1) is 17.1 Å². The highest BCUT2D eigenvalue weighted by atomic mass is 19.1. The van der Waals surface area contributed by atoms with E-state index in [-0.39, 0.29) is 12.2 Å². The molecular formula is C34H47F2N7O2. The Morgan fingerprint density at radius 2 is 1.96 bits per heavy atom. The van der Waals surface area contributed by atoms with Gasteiger partial charge in [0.25, 0.3) is 5.91 Å². The number of hydrogen-bond donors (Lipinski definition) is 1. The van der Waals surface area contributed by atoms with E-state index in [0.29, 0.717) is 45.2 Å². The Morgan fingerprint density at radius 1 is 1.13 bits per heavy atom. The number of amides is 1. The van der Waals surface area contributed by atoms with Crippen LogP contribution in [0.2, 0.25) is 0 Å². The third-order valence-electron chi connectivity index (χ3n) is 10.3. The number of likely N-dealkylation sites (tertiary alicyclic amines) is 1. The number of alkyl halides is 1. The summed E-state index contributed by atoms with van der Waals surface area (Å²) in [5.41, 5.74) is 5.48. The fourth-order valence-electron chi connectivity index (χ4n) is 7.80. The van der Waals surface area contributed by atoms with Crippen molar-refractivity contribution >= 4 is 17.4 Å². The van der Waals surface area contributed by atoms with E-state index >= 15 is 0 Å². The number of likely N-dealkylation sites (N-methyl/N-ethyl adjacent to an activating group) is 1. The molecule has 0 radical (unpaired) electrons. The average molecular weight is 624 g/mol. The molecule has 1 N–H and O–H groups in total. The van der Waals surface area contributed by atoms with Gasteiger partial charge in [0.1, 0.15) is 11.7 Å². The Balaban J connectivity index is 1.31. The van der Waals surface area contributed by atoms with Crippen LogP contribution in [0.4, 0.5) is 14.5 Å². The first kappa shape index (κ1) is 31.7. The number of nitrogens with zero attached hydrogens (tertiary/aromatic N) is 6. The van der Waals surface area contributed by atoms with E-state index in [0.717, 1.165) is 86.4 Å². The molecule has 4 atom stereocenters. The highest BCUT2D eigenvalue weighted by molar-refractivity contribution is 6.00. The summed E-state index contributed by atoms with van der Waals surface area (Å²) >= 11 is 0. The van der Waals surface area contributed by atoms with Crippen LogP contribution in [0.1, 0.15) is 69.9 Å². The van der Waals surface area contributed by atoms with E-state index in [4.69, 9.17) is 9.73 Å². The highest BCUT2D eigenvalue weighted by Gasteiger charge is 2.41. The SMILES string of the molecule is C[C@H](F)C(=O)N1CCN(C2=NC(C)(OC[C@@H]3CCCN3C)NC3=C2CCN(c2cc(F)cc4c2CCCCC4)C3)C[C@@H]1CC#N. The number of nitriles is 1. The molecule has 5 aliphatic rings. The number of anilines is 1. The number of piperazine rings is 1. The molecule has 0 spiro atoms. The molecule has 9 nitrogen and oxygen atoms in total. The van der Waals surface area contributed by atoms with Gasteiger partial charge in [-0.1, -0.05) is 6.42 Å². The van der Waals surface area contributed by atoms with E-state index in [9.17, 15) is 18.8 Å². The topological polar surface area (TPSA) is 87.4 Å². The lowest BCUT2D eigenvalue weighted by molar-refractivity contribution is -0.140. The first-order valence-corrected chi connectivity index (χ1v) is 16.7. The largest absolute Gasteiger partial charge is 0.365 e. The van der Waals surface area contributed by atoms with Gasteiger partial charge in [0.15, 0.2) is 6.17 Å². The van der Waals surface area contributed by atoms with Crippen LogP contribution >= 0.6 is 0 Å². The zero-order valence-corrected chi connectivity index (χ0v) is 27.0. The first-order valence-electron chi connectivity index (χ1n) is 16.7. The molecule has 0 saturated carbocycles. The molecule has 1 amide bonds. The average Bonchev–Trinajstić information content (AvgIpc) is 3.28. The molecule has 1 aliphatic carbocycles. The van der Waals surface area contributed by atoms with E-state index < -0.39 is 24.0 Å². The number of aliphatic imine (C=N–C) groups is 1. The molecule has 45 heavy (non-hydrogen) atoms. The van der Waals surface area contributed by atoms with Crippen LogP contribution in [0.25, 0.3) is 0 Å². The summed E-state index contributed by atoms with van der Waals surface area (Å²) in [6.07, 6.45) is 6.68. The fraction of sp³-hybridized carbons (Fsp3) is 0.676. The molecule has 244 valence electrons. The number of hydrogen-bond acceptors (Lipinski definition) is 8. The summed E-state index contributed by atoms with van der Waals surface area (Å²) < 4.78 is 35.6. The summed E-state index contributed by atoms with van der Waals surface area (Å²) in [6, 6.07) is 5.51. The Hall–Kier alpha value is -3.23. The number of fused-ring (bicyclic) bond motifs is 1. The normalized spacial score (nSPS) is 28.1. The number of carbonyl (C=O) groups excluding carboxylic acids is 1. The second-order valence-corrected chi connectivity index (χ2v) is 13.5. The van der Waals surface area contributed by atoms with Crippen molar-refractivity contribution in [3.63, 3.8) is 0 Å². The van der Waals surface area contributed by atoms with Crippen molar-refractivity contribution in [2.75, 3.05) is 57.8 Å². The molecule has 4 aliphatic heterocycles. The van der Waals surface area contributed by atoms with Crippen molar-refractivity contribution in [3.05, 3.63) is 40.3 Å². The monoisotopic (exact) mass is 623 g/mol. The van der Waals surface area contributed by atoms with Crippen molar-refractivity contribution in [3.8, 4) is 6.07 Å². The zero-order valence-electron chi connectivity index (χ0n) is 27.0. The number of benzene rings is 1. The number of carbonyl (C=O) groups is 1. The standard InChI is InChI=1S/C34H47F2N7O2/c1-23(35)33(44)43-17-16-42(20-26(43)11-13-37)32-29-12-15-41(31-19-25(36)18-24-8-5-4-6-10-28(24)31)21-30(29)38-34(2,39-32)45-22-27-9-7-14-40(27)3/h18-19,23,26-27,38H,4-12,14-17,20-22H2,1-3H3/t23-,26-,27-,34?/m0/s1. The van der Waals surface area contributed by atoms with Gasteiger partial charge in [-0.2, -0.15) is 5.26 Å². The number of rotatable bonds is 6. The summed E-state index contributed by atoms with van der Waals surface area (Å²) in [5.74, 6) is -0.966. The van der Waals surface area contributed by atoms with Crippen LogP contribution < -0.4 is 10.2 Å². The predicted octanol–water partition coefficient (Wildman–Crippen LogP) is 4.13. The number of nitrogens with one attached hydrogen (secondary N) is 1. The van der Waals surface area contributed by atoms with Crippen molar-refractivity contribution in [2.45, 2.75) is 95.7 Å². The third-order valence-corrected chi connectivity index (χ3v) is 10.3. The molecule has 2 fully saturated rings. The van der Waals surface area contributed by atoms with Gasteiger partial charge in [-0.3, -0.25) is 4.79 Å². The molecular weight excluding hydrogens is 576 g/mol. The smallest absolute Gasteiger partial charge is 0.257 e. The molecule has 0 aromatic heterocycles. The third kappa shape index (κ3) is 6.68. The molecule has 11 heteroatoms. The minimum atomic E-state index is -1.61. The number of amidine groups is 1. The zero-order chi connectivity index (χ0) is 31.7. The van der Waals surface area contributed by atoms with Crippen LogP contribution in [0.3, 0.4) is 0 Å². The summed E-state index contributed by atoms with van der Waals surface area (Å²) in [5, 5.41) is 13.2. The number of ether oxygens (including phenoxy) is 1. The van der Waals surface area contributed by atoms with Gasteiger partial charge in [-0.25, -0.2) is 13.8 Å². The van der Waals surface area contributed by atoms with Gasteiger partial charge in [0.2, 0.25) is 5.85 Å². The predicted molar refractivity (Wildman–Crippen MR) is 170 cm³/mol. The lowest BCUT2D eigenvalue weighted by Gasteiger charge is -2.47. The quantitative estimate of drug-likeness (QED) is 0.477. The maximum absolute atomic E-state index is 14.9. The van der Waals surface area contributed by atoms with E-state index in [2.05, 4.69) is 33.1 Å². The fourth-order valence-corrected chi connectivity index (χ4v) is 7.80. The second kappa shape index (κ2) is 13.2. The first-order chi connectivity index (χ1) is 21.7. The molecule has 6 rings (SSSR count). The summed E-state index contributed by atoms with van der Waals surface area (Å²) in [4.78, 5) is 26.2. The van der Waals surface area contributed by atoms with Crippen molar-refractivity contribution < 1.29 is 18.3 Å². The van der Waals surface area contributed by atoms with E-state index in [1.165, 1.54) is 17.4 Å². The Bertz CT molecular complexity index is 1390. The van der Waals surface area contributed by atoms with Crippen molar-refractivity contribution in [2.24, 2.45) is 4.99 Å². The van der Waals surface area contributed by atoms with Gasteiger partial charge in [-0.05, 0) is 88.7 Å². The lowest BCUT2D eigenvalue weighted by atomic mass is 9.95. The number of aryl methyl sites for hydroxylation is 1. The minimum Gasteiger partial charge on any atom is -0.365 e. The molecule has 2 saturated heterocycles. The highest BCUT2D eigenvalue weighted by Crippen LogP contribution is 2.36. The lowest BCUT2D eigenvalue weighted by Crippen LogP contribution is -2.60. The molecule has 1 unspecified atom stereocenters. The van der Waals surface area contributed by atoms with Crippen LogP contribution in [-0.4, -0.2) is 103 Å². The van der Waals surface area contributed by atoms with Crippen LogP contribution in [0.5, 0.6) is 0 Å². The van der Waals surface area contributed by atoms with Gasteiger partial charge < -0.3 is 29.7 Å². The van der Waals surface area contributed by atoms with Gasteiger partial charge >= 0.3 is 0 Å². The van der Waals surface area contributed by atoms with Crippen LogP contribution in [0.15, 0.2) is 28.4 Å². The Kier molecular flexibility index (Phi) is 9.34. The molecule has 4 heterocycles. The molecule has 1 aromatic carbocycles. The van der Waals surface area contributed by atoms with Crippen LogP contribution in [-0.2, 0) is 22.4 Å². The van der Waals surface area contributed by atoms with Gasteiger partial charge in [0, 0.05) is 56.1 Å². The minimum absolute atomic E-state index is 0.118. The maximum Gasteiger partial charge on any atom is 0.257 e. The Morgan fingerprint density at radius 3 is 2.71 bits per heavy atom. The summed E-state index contributed by atoms with van der Waals surface area (Å²) in [6.45, 7) is 7.29. The second-order valence-electron chi connectivity index (χ2n) is 13.5.